The molecular weight excluding hydrogens is 508 g/mol. The van der Waals surface area contributed by atoms with Gasteiger partial charge in [0.2, 0.25) is 0 Å². The number of hydrogen-bond acceptors (Lipinski definition) is 6. The Morgan fingerprint density at radius 1 is 1.29 bits per heavy atom. The lowest BCUT2D eigenvalue weighted by molar-refractivity contribution is -0.107. The third-order valence-corrected chi connectivity index (χ3v) is 6.94. The molecule has 1 aliphatic rings. The van der Waals surface area contributed by atoms with E-state index in [0.29, 0.717) is 24.8 Å². The lowest BCUT2D eigenvalue weighted by atomic mass is 10.1. The molecule has 1 fully saturated rings. The van der Waals surface area contributed by atoms with Crippen LogP contribution in [0.3, 0.4) is 0 Å². The Hall–Kier alpha value is -2.04. The summed E-state index contributed by atoms with van der Waals surface area (Å²) in [4.78, 5) is 24.0. The Balaban J connectivity index is 1.92. The number of aldehydes is 1. The fourth-order valence-corrected chi connectivity index (χ4v) is 4.54. The minimum atomic E-state index is 0.452. The quantitative estimate of drug-likeness (QED) is 0.149. The van der Waals surface area contributed by atoms with E-state index in [4.69, 9.17) is 10.8 Å². The highest BCUT2D eigenvalue weighted by atomic mass is 79.9. The van der Waals surface area contributed by atoms with Crippen LogP contribution in [0, 0.1) is 0 Å². The Kier molecular flexibility index (Phi) is 13.8. The summed E-state index contributed by atoms with van der Waals surface area (Å²) in [6.45, 7) is 10.3. The summed E-state index contributed by atoms with van der Waals surface area (Å²) >= 11 is 3.60. The molecule has 0 saturated carbocycles. The standard InChI is InChI=1S/C25H43BrN8O/c1-4-23-24(19-34(31-23)21-10-15-33(5-2)16-11-21)29-18-22(26)25(30-20-27)28-12-9-14-32(3)13-7-6-8-17-35/h17-21,29H,4-16H2,1-3H3,(H2,27,28,30). The number of unbranched alkanes of at least 4 members (excludes halogenated alkanes) is 2. The van der Waals surface area contributed by atoms with Gasteiger partial charge in [-0.3, -0.25) is 9.67 Å². The first-order valence-electron chi connectivity index (χ1n) is 12.9. The summed E-state index contributed by atoms with van der Waals surface area (Å²) in [6, 6.07) is 0.452. The van der Waals surface area contributed by atoms with Gasteiger partial charge in [0, 0.05) is 38.5 Å². The van der Waals surface area contributed by atoms with Gasteiger partial charge in [0.1, 0.15) is 6.29 Å². The van der Waals surface area contributed by atoms with Gasteiger partial charge in [-0.15, -0.1) is 0 Å². The zero-order valence-corrected chi connectivity index (χ0v) is 23.2. The van der Waals surface area contributed by atoms with Crippen molar-refractivity contribution in [2.45, 2.75) is 64.8 Å². The first kappa shape index (κ1) is 29.2. The average Bonchev–Trinajstić information content (AvgIpc) is 3.30. The zero-order valence-electron chi connectivity index (χ0n) is 21.6. The molecule has 2 rings (SSSR count). The monoisotopic (exact) mass is 550 g/mol. The second-order valence-electron chi connectivity index (χ2n) is 8.93. The number of carbonyl (C=O) groups is 1. The number of halogens is 1. The van der Waals surface area contributed by atoms with E-state index in [1.807, 2.05) is 6.20 Å². The van der Waals surface area contributed by atoms with Crippen LogP contribution in [-0.4, -0.2) is 84.4 Å². The highest BCUT2D eigenvalue weighted by Crippen LogP contribution is 2.25. The van der Waals surface area contributed by atoms with Crippen molar-refractivity contribution in [3.05, 3.63) is 22.6 Å². The molecule has 0 radical (unpaired) electrons. The number of carbonyl (C=O) groups excluding carboxylic acids is 1. The fraction of sp³-hybridized carbons (Fsp3) is 0.680. The van der Waals surface area contributed by atoms with Crippen LogP contribution in [0.2, 0.25) is 0 Å². The maximum Gasteiger partial charge on any atom is 0.164 e. The van der Waals surface area contributed by atoms with Gasteiger partial charge in [0.05, 0.1) is 28.2 Å². The Morgan fingerprint density at radius 3 is 2.69 bits per heavy atom. The number of amidine groups is 1. The Morgan fingerprint density at radius 2 is 2.03 bits per heavy atom. The molecule has 0 unspecified atom stereocenters. The van der Waals surface area contributed by atoms with Gasteiger partial charge in [-0.1, -0.05) is 13.8 Å². The molecule has 1 aliphatic heterocycles. The van der Waals surface area contributed by atoms with Gasteiger partial charge in [-0.25, -0.2) is 4.99 Å². The van der Waals surface area contributed by atoms with Crippen molar-refractivity contribution in [3.8, 4) is 0 Å². The highest BCUT2D eigenvalue weighted by Gasteiger charge is 2.21. The van der Waals surface area contributed by atoms with Crippen molar-refractivity contribution >= 4 is 40.1 Å². The summed E-state index contributed by atoms with van der Waals surface area (Å²) in [6.07, 6.45) is 12.9. The molecule has 2 heterocycles. The van der Waals surface area contributed by atoms with Gasteiger partial charge in [-0.2, -0.15) is 5.10 Å². The topological polar surface area (TPSA) is 104 Å². The molecule has 0 atom stereocenters. The number of nitrogens with two attached hydrogens (primary N) is 1. The number of nitrogens with zero attached hydrogens (tertiary/aromatic N) is 6. The fourth-order valence-electron chi connectivity index (χ4n) is 4.20. The van der Waals surface area contributed by atoms with Crippen molar-refractivity contribution in [2.75, 3.05) is 51.6 Å². The molecule has 196 valence electrons. The minimum absolute atomic E-state index is 0.452. The number of anilines is 1. The summed E-state index contributed by atoms with van der Waals surface area (Å²) in [5.74, 6) is 0.561. The van der Waals surface area contributed by atoms with Crippen molar-refractivity contribution in [1.82, 2.24) is 19.6 Å². The van der Waals surface area contributed by atoms with E-state index in [0.717, 1.165) is 93.4 Å². The van der Waals surface area contributed by atoms with Crippen LogP contribution >= 0.6 is 15.9 Å². The number of aliphatic imine (C=N–C) groups is 2. The molecule has 1 saturated heterocycles. The average molecular weight is 552 g/mol. The second-order valence-corrected chi connectivity index (χ2v) is 9.78. The van der Waals surface area contributed by atoms with Crippen LogP contribution < -0.4 is 11.1 Å². The van der Waals surface area contributed by atoms with Gasteiger partial charge in [0.25, 0.3) is 0 Å². The van der Waals surface area contributed by atoms with Crippen molar-refractivity contribution in [1.29, 1.82) is 0 Å². The SMILES string of the molecule is CCc1nn(C2CCN(CC)CC2)cc1NC=C(Br)C(N=CN)=NCCCN(C)CCCCC=O. The molecule has 10 heteroatoms. The Labute approximate surface area is 219 Å². The van der Waals surface area contributed by atoms with E-state index in [-0.39, 0.29) is 0 Å². The van der Waals surface area contributed by atoms with Gasteiger partial charge in [-0.05, 0) is 81.1 Å². The third-order valence-electron chi connectivity index (χ3n) is 6.36. The third kappa shape index (κ3) is 10.2. The van der Waals surface area contributed by atoms with Gasteiger partial charge in [0.15, 0.2) is 5.84 Å². The first-order chi connectivity index (χ1) is 17.0. The molecule has 9 nitrogen and oxygen atoms in total. The lowest BCUT2D eigenvalue weighted by Gasteiger charge is -2.31. The van der Waals surface area contributed by atoms with Crippen molar-refractivity contribution in [3.63, 3.8) is 0 Å². The van der Waals surface area contributed by atoms with Crippen LogP contribution in [0.5, 0.6) is 0 Å². The van der Waals surface area contributed by atoms with Crippen LogP contribution in [0.4, 0.5) is 5.69 Å². The maximum atomic E-state index is 10.4. The molecular formula is C25H43BrN8O. The van der Waals surface area contributed by atoms with E-state index in [9.17, 15) is 4.79 Å². The maximum absolute atomic E-state index is 10.4. The normalized spacial score (nSPS) is 16.5. The molecule has 1 aromatic heterocycles. The number of piperidine rings is 1. The van der Waals surface area contributed by atoms with Crippen LogP contribution in [0.1, 0.15) is 64.1 Å². The summed E-state index contributed by atoms with van der Waals surface area (Å²) in [7, 11) is 2.10. The number of aryl methyl sites for hydroxylation is 1. The molecule has 0 spiro atoms. The zero-order chi connectivity index (χ0) is 25.5. The molecule has 1 aromatic rings. The molecule has 3 N–H and O–H groups in total. The molecule has 0 aromatic carbocycles. The van der Waals surface area contributed by atoms with Crippen LogP contribution in [0.25, 0.3) is 0 Å². The smallest absolute Gasteiger partial charge is 0.164 e. The largest absolute Gasteiger partial charge is 0.390 e. The number of rotatable bonds is 15. The minimum Gasteiger partial charge on any atom is -0.390 e. The highest BCUT2D eigenvalue weighted by molar-refractivity contribution is 9.12. The van der Waals surface area contributed by atoms with E-state index < -0.39 is 0 Å². The predicted molar refractivity (Wildman–Crippen MR) is 150 cm³/mol. The van der Waals surface area contributed by atoms with E-state index in [2.05, 4.69) is 72.8 Å². The Bertz CT molecular complexity index is 843. The van der Waals surface area contributed by atoms with E-state index >= 15 is 0 Å². The molecule has 0 aliphatic carbocycles. The molecule has 0 amide bonds. The number of aromatic nitrogens is 2. The lowest BCUT2D eigenvalue weighted by Crippen LogP contribution is -2.34. The summed E-state index contributed by atoms with van der Waals surface area (Å²) in [5, 5.41) is 8.25. The summed E-state index contributed by atoms with van der Waals surface area (Å²) in [5.41, 5.74) is 7.63. The van der Waals surface area contributed by atoms with Gasteiger partial charge < -0.3 is 25.6 Å². The van der Waals surface area contributed by atoms with Crippen LogP contribution in [-0.2, 0) is 11.2 Å². The number of likely N-dealkylation sites (tertiary alicyclic amines) is 1. The van der Waals surface area contributed by atoms with Crippen molar-refractivity contribution in [2.24, 2.45) is 15.7 Å². The van der Waals surface area contributed by atoms with E-state index in [1.165, 1.54) is 6.34 Å². The first-order valence-corrected chi connectivity index (χ1v) is 13.6. The molecule has 35 heavy (non-hydrogen) atoms. The van der Waals surface area contributed by atoms with E-state index in [1.54, 1.807) is 0 Å². The predicted octanol–water partition coefficient (Wildman–Crippen LogP) is 3.83. The van der Waals surface area contributed by atoms with Crippen molar-refractivity contribution < 1.29 is 4.79 Å². The number of hydrogen-bond donors (Lipinski definition) is 2. The number of nitrogens with one attached hydrogen (secondary N) is 1. The molecule has 0 bridgehead atoms. The van der Waals surface area contributed by atoms with Gasteiger partial charge >= 0.3 is 0 Å². The van der Waals surface area contributed by atoms with Crippen LogP contribution in [0.15, 0.2) is 26.9 Å². The summed E-state index contributed by atoms with van der Waals surface area (Å²) < 4.78 is 2.88. The second kappa shape index (κ2) is 16.6.